The van der Waals surface area contributed by atoms with E-state index in [0.29, 0.717) is 23.2 Å². The van der Waals surface area contributed by atoms with Gasteiger partial charge in [0.15, 0.2) is 0 Å². The van der Waals surface area contributed by atoms with Crippen LogP contribution in [-0.4, -0.2) is 28.6 Å². The van der Waals surface area contributed by atoms with Gasteiger partial charge in [0.2, 0.25) is 16.9 Å². The predicted molar refractivity (Wildman–Crippen MR) is 122 cm³/mol. The van der Waals surface area contributed by atoms with Crippen molar-refractivity contribution in [2.75, 3.05) is 16.8 Å². The Labute approximate surface area is 189 Å². The molecule has 9 heteroatoms. The molecule has 0 radical (unpaired) electrons. The molecule has 1 atom stereocenters. The van der Waals surface area contributed by atoms with E-state index in [4.69, 9.17) is 17.3 Å². The van der Waals surface area contributed by atoms with Gasteiger partial charge in [0.05, 0.1) is 5.92 Å². The molecule has 1 aliphatic rings. The standard InChI is InChI=1S/C22H22ClN5O2S/c23-17-6-1-14(2-7-17)5-10-19-26-27-22(31-19)25-21(30)16-11-20(29)28(13-16)18-8-3-15(12-24)4-9-18/h1-4,6-9,16H,5,10-13,24H2,(H,25,27,30). The van der Waals surface area contributed by atoms with Crippen LogP contribution in [0.4, 0.5) is 10.8 Å². The van der Waals surface area contributed by atoms with Gasteiger partial charge in [0.25, 0.3) is 0 Å². The Morgan fingerprint density at radius 3 is 2.52 bits per heavy atom. The number of rotatable bonds is 7. The van der Waals surface area contributed by atoms with Gasteiger partial charge < -0.3 is 16.0 Å². The monoisotopic (exact) mass is 455 g/mol. The zero-order chi connectivity index (χ0) is 21.8. The molecule has 31 heavy (non-hydrogen) atoms. The summed E-state index contributed by atoms with van der Waals surface area (Å²) in [6, 6.07) is 15.2. The number of halogens is 1. The van der Waals surface area contributed by atoms with Crippen LogP contribution in [-0.2, 0) is 29.0 Å². The second-order valence-corrected chi connectivity index (χ2v) is 8.89. The molecule has 160 valence electrons. The SMILES string of the molecule is NCc1ccc(N2CC(C(=O)Nc3nnc(CCc4ccc(Cl)cc4)s3)CC2=O)cc1. The highest BCUT2D eigenvalue weighted by molar-refractivity contribution is 7.15. The zero-order valence-corrected chi connectivity index (χ0v) is 18.3. The van der Waals surface area contributed by atoms with E-state index < -0.39 is 5.92 Å². The number of benzene rings is 2. The average molecular weight is 456 g/mol. The normalized spacial score (nSPS) is 16.0. The molecule has 1 unspecified atom stereocenters. The van der Waals surface area contributed by atoms with E-state index in [1.165, 1.54) is 11.3 Å². The highest BCUT2D eigenvalue weighted by Crippen LogP contribution is 2.27. The molecule has 0 saturated carbocycles. The first-order valence-corrected chi connectivity index (χ1v) is 11.2. The number of hydrogen-bond acceptors (Lipinski definition) is 6. The minimum Gasteiger partial charge on any atom is -0.326 e. The van der Waals surface area contributed by atoms with Crippen LogP contribution in [0.25, 0.3) is 0 Å². The molecule has 3 N–H and O–H groups in total. The molecule has 2 amide bonds. The van der Waals surface area contributed by atoms with Gasteiger partial charge in [-0.2, -0.15) is 0 Å². The van der Waals surface area contributed by atoms with E-state index in [0.717, 1.165) is 34.7 Å². The largest absolute Gasteiger partial charge is 0.326 e. The van der Waals surface area contributed by atoms with Gasteiger partial charge >= 0.3 is 0 Å². The van der Waals surface area contributed by atoms with Crippen molar-refractivity contribution in [2.45, 2.75) is 25.8 Å². The number of aromatic nitrogens is 2. The zero-order valence-electron chi connectivity index (χ0n) is 16.8. The molecule has 1 aromatic heterocycles. The van der Waals surface area contributed by atoms with Crippen LogP contribution in [0.5, 0.6) is 0 Å². The Morgan fingerprint density at radius 1 is 1.10 bits per heavy atom. The van der Waals surface area contributed by atoms with Crippen LogP contribution in [0.2, 0.25) is 5.02 Å². The molecule has 1 aliphatic heterocycles. The van der Waals surface area contributed by atoms with E-state index in [1.54, 1.807) is 4.90 Å². The minimum absolute atomic E-state index is 0.0680. The van der Waals surface area contributed by atoms with Gasteiger partial charge in [0.1, 0.15) is 5.01 Å². The van der Waals surface area contributed by atoms with Gasteiger partial charge in [-0.25, -0.2) is 0 Å². The lowest BCUT2D eigenvalue weighted by atomic mass is 10.1. The van der Waals surface area contributed by atoms with Crippen molar-refractivity contribution in [3.8, 4) is 0 Å². The summed E-state index contributed by atoms with van der Waals surface area (Å²) in [7, 11) is 0. The molecule has 0 spiro atoms. The summed E-state index contributed by atoms with van der Waals surface area (Å²) < 4.78 is 0. The number of nitrogens with two attached hydrogens (primary N) is 1. The number of hydrogen-bond donors (Lipinski definition) is 2. The van der Waals surface area contributed by atoms with Crippen LogP contribution in [0.15, 0.2) is 48.5 Å². The average Bonchev–Trinajstić information content (AvgIpc) is 3.40. The van der Waals surface area contributed by atoms with Crippen molar-refractivity contribution in [1.29, 1.82) is 0 Å². The molecular formula is C22H22ClN5O2S. The molecule has 2 heterocycles. The van der Waals surface area contributed by atoms with Crippen LogP contribution >= 0.6 is 22.9 Å². The van der Waals surface area contributed by atoms with Crippen molar-refractivity contribution < 1.29 is 9.59 Å². The highest BCUT2D eigenvalue weighted by Gasteiger charge is 2.35. The maximum absolute atomic E-state index is 12.7. The van der Waals surface area contributed by atoms with Crippen LogP contribution in [0.3, 0.4) is 0 Å². The maximum Gasteiger partial charge on any atom is 0.231 e. The third-order valence-electron chi connectivity index (χ3n) is 5.22. The lowest BCUT2D eigenvalue weighted by Gasteiger charge is -2.16. The molecule has 4 rings (SSSR count). The molecular weight excluding hydrogens is 434 g/mol. The van der Waals surface area contributed by atoms with Gasteiger partial charge in [-0.15, -0.1) is 10.2 Å². The topological polar surface area (TPSA) is 101 Å². The first kappa shape index (κ1) is 21.4. The number of carbonyl (C=O) groups is 2. The Hall–Kier alpha value is -2.81. The second-order valence-electron chi connectivity index (χ2n) is 7.39. The molecule has 1 fully saturated rings. The Balaban J connectivity index is 1.32. The van der Waals surface area contributed by atoms with Crippen LogP contribution in [0.1, 0.15) is 22.6 Å². The molecule has 1 saturated heterocycles. The third-order valence-corrected chi connectivity index (χ3v) is 6.37. The number of amides is 2. The first-order valence-electron chi connectivity index (χ1n) is 9.99. The van der Waals surface area contributed by atoms with Gasteiger partial charge in [-0.1, -0.05) is 47.2 Å². The summed E-state index contributed by atoms with van der Waals surface area (Å²) in [5, 5.41) is 13.1. The summed E-state index contributed by atoms with van der Waals surface area (Å²) in [5.74, 6) is -0.709. The Kier molecular flexibility index (Phi) is 6.60. The first-order chi connectivity index (χ1) is 15.0. The summed E-state index contributed by atoms with van der Waals surface area (Å²) >= 11 is 7.26. The quantitative estimate of drug-likeness (QED) is 0.568. The van der Waals surface area contributed by atoms with E-state index >= 15 is 0 Å². The smallest absolute Gasteiger partial charge is 0.231 e. The highest BCUT2D eigenvalue weighted by atomic mass is 35.5. The maximum atomic E-state index is 12.7. The van der Waals surface area contributed by atoms with Crippen LogP contribution in [0, 0.1) is 5.92 Å². The fraction of sp³-hybridized carbons (Fsp3) is 0.273. The van der Waals surface area contributed by atoms with E-state index in [-0.39, 0.29) is 18.2 Å². The van der Waals surface area contributed by atoms with Crippen molar-refractivity contribution in [3.63, 3.8) is 0 Å². The number of anilines is 2. The summed E-state index contributed by atoms with van der Waals surface area (Å²) in [5.41, 5.74) is 8.55. The Morgan fingerprint density at radius 2 is 1.81 bits per heavy atom. The molecule has 0 bridgehead atoms. The van der Waals surface area contributed by atoms with E-state index in [2.05, 4.69) is 15.5 Å². The van der Waals surface area contributed by atoms with Crippen molar-refractivity contribution in [3.05, 3.63) is 69.7 Å². The van der Waals surface area contributed by atoms with Crippen molar-refractivity contribution >= 4 is 45.6 Å². The molecule has 0 aliphatic carbocycles. The number of nitrogens with zero attached hydrogens (tertiary/aromatic N) is 3. The van der Waals surface area contributed by atoms with E-state index in [1.807, 2.05) is 48.5 Å². The number of aryl methyl sites for hydroxylation is 2. The van der Waals surface area contributed by atoms with Gasteiger partial charge in [0, 0.05) is 36.6 Å². The molecule has 7 nitrogen and oxygen atoms in total. The predicted octanol–water partition coefficient (Wildman–Crippen LogP) is 3.43. The number of nitrogens with one attached hydrogen (secondary N) is 1. The fourth-order valence-corrected chi connectivity index (χ4v) is 4.33. The third kappa shape index (κ3) is 5.28. The summed E-state index contributed by atoms with van der Waals surface area (Å²) in [6.45, 7) is 0.789. The fourth-order valence-electron chi connectivity index (χ4n) is 3.46. The van der Waals surface area contributed by atoms with Gasteiger partial charge in [-0.05, 0) is 41.8 Å². The van der Waals surface area contributed by atoms with E-state index in [9.17, 15) is 9.59 Å². The number of carbonyl (C=O) groups excluding carboxylic acids is 2. The molecule has 3 aromatic rings. The van der Waals surface area contributed by atoms with Crippen LogP contribution < -0.4 is 16.0 Å². The summed E-state index contributed by atoms with van der Waals surface area (Å²) in [6.07, 6.45) is 1.71. The Bertz CT molecular complexity index is 1070. The van der Waals surface area contributed by atoms with Crippen molar-refractivity contribution in [1.82, 2.24) is 10.2 Å². The van der Waals surface area contributed by atoms with Crippen molar-refractivity contribution in [2.24, 2.45) is 11.7 Å². The van der Waals surface area contributed by atoms with Gasteiger partial charge in [-0.3, -0.25) is 9.59 Å². The minimum atomic E-state index is -0.428. The summed E-state index contributed by atoms with van der Waals surface area (Å²) in [4.78, 5) is 26.7. The lowest BCUT2D eigenvalue weighted by molar-refractivity contribution is -0.122. The molecule has 2 aromatic carbocycles. The second kappa shape index (κ2) is 9.55. The lowest BCUT2D eigenvalue weighted by Crippen LogP contribution is -2.28.